The highest BCUT2D eigenvalue weighted by atomic mass is 19.1. The van der Waals surface area contributed by atoms with Gasteiger partial charge < -0.3 is 15.4 Å². The number of benzene rings is 3. The van der Waals surface area contributed by atoms with E-state index >= 15 is 0 Å². The molecule has 0 heterocycles. The summed E-state index contributed by atoms with van der Waals surface area (Å²) in [4.78, 5) is 25.4. The largest absolute Gasteiger partial charge is 0.481 e. The maximum atomic E-state index is 13.0. The molecule has 30 heavy (non-hydrogen) atoms. The molecule has 0 fully saturated rings. The molecule has 0 unspecified atom stereocenters. The Morgan fingerprint density at radius 1 is 0.867 bits per heavy atom. The van der Waals surface area contributed by atoms with Gasteiger partial charge in [-0.2, -0.15) is 0 Å². The number of nitrogens with one attached hydrogen (secondary N) is 2. The van der Waals surface area contributed by atoms with E-state index in [0.29, 0.717) is 17.0 Å². The lowest BCUT2D eigenvalue weighted by atomic mass is 10.1. The van der Waals surface area contributed by atoms with Crippen LogP contribution in [-0.2, 0) is 4.79 Å². The van der Waals surface area contributed by atoms with E-state index in [1.165, 1.54) is 24.3 Å². The van der Waals surface area contributed by atoms with Gasteiger partial charge in [0, 0.05) is 0 Å². The van der Waals surface area contributed by atoms with Gasteiger partial charge in [-0.3, -0.25) is 9.59 Å². The summed E-state index contributed by atoms with van der Waals surface area (Å²) >= 11 is 0. The zero-order valence-electron chi connectivity index (χ0n) is 16.8. The van der Waals surface area contributed by atoms with Crippen LogP contribution in [0.3, 0.4) is 0 Å². The van der Waals surface area contributed by atoms with E-state index in [9.17, 15) is 14.0 Å². The Balaban J connectivity index is 1.67. The lowest BCUT2D eigenvalue weighted by Gasteiger charge is -2.18. The lowest BCUT2D eigenvalue weighted by molar-refractivity contribution is -0.122. The van der Waals surface area contributed by atoms with Crippen molar-refractivity contribution < 1.29 is 18.7 Å². The minimum Gasteiger partial charge on any atom is -0.481 e. The van der Waals surface area contributed by atoms with Crippen molar-refractivity contribution in [1.29, 1.82) is 0 Å². The molecule has 0 aromatic heterocycles. The van der Waals surface area contributed by atoms with E-state index in [-0.39, 0.29) is 17.8 Å². The second-order valence-corrected chi connectivity index (χ2v) is 6.85. The third kappa shape index (κ3) is 5.44. The zero-order chi connectivity index (χ0) is 21.5. The monoisotopic (exact) mass is 406 g/mol. The highest BCUT2D eigenvalue weighted by molar-refractivity contribution is 6.04. The molecule has 3 aromatic carbocycles. The fourth-order valence-electron chi connectivity index (χ4n) is 2.89. The second-order valence-electron chi connectivity index (χ2n) is 6.85. The predicted molar refractivity (Wildman–Crippen MR) is 114 cm³/mol. The first kappa shape index (κ1) is 21.0. The molecule has 0 aliphatic carbocycles. The van der Waals surface area contributed by atoms with Crippen LogP contribution in [0.1, 0.15) is 35.8 Å². The van der Waals surface area contributed by atoms with Gasteiger partial charge >= 0.3 is 0 Å². The van der Waals surface area contributed by atoms with Crippen LogP contribution in [0.5, 0.6) is 5.75 Å². The van der Waals surface area contributed by atoms with Crippen LogP contribution in [0.25, 0.3) is 0 Å². The number of hydrogen-bond acceptors (Lipinski definition) is 3. The maximum absolute atomic E-state index is 13.0. The Morgan fingerprint density at radius 2 is 1.50 bits per heavy atom. The SMILES string of the molecule is C[C@H](NC(=O)c1ccccc1NC(=O)[C@@H](C)Oc1ccc(F)cc1)c1ccccc1. The summed E-state index contributed by atoms with van der Waals surface area (Å²) in [6.45, 7) is 3.48. The van der Waals surface area contributed by atoms with E-state index in [0.717, 1.165) is 5.56 Å². The van der Waals surface area contributed by atoms with Crippen LogP contribution in [0.2, 0.25) is 0 Å². The number of ether oxygens (including phenoxy) is 1. The molecule has 3 aromatic rings. The summed E-state index contributed by atoms with van der Waals surface area (Å²) in [6.07, 6.45) is -0.838. The summed E-state index contributed by atoms with van der Waals surface area (Å²) in [5.41, 5.74) is 1.71. The molecule has 6 heteroatoms. The Hall–Kier alpha value is -3.67. The highest BCUT2D eigenvalue weighted by Crippen LogP contribution is 2.19. The van der Waals surface area contributed by atoms with Gasteiger partial charge in [-0.1, -0.05) is 42.5 Å². The average molecular weight is 406 g/mol. The summed E-state index contributed by atoms with van der Waals surface area (Å²) in [5.74, 6) is -0.726. The Bertz CT molecular complexity index is 1010. The van der Waals surface area contributed by atoms with Gasteiger partial charge in [-0.25, -0.2) is 4.39 Å². The summed E-state index contributed by atoms with van der Waals surface area (Å²) in [6, 6.07) is 21.6. The van der Waals surface area contributed by atoms with Crippen molar-refractivity contribution in [3.63, 3.8) is 0 Å². The van der Waals surface area contributed by atoms with Crippen molar-refractivity contribution in [2.45, 2.75) is 26.0 Å². The smallest absolute Gasteiger partial charge is 0.265 e. The fraction of sp³-hybridized carbons (Fsp3) is 0.167. The van der Waals surface area contributed by atoms with Crippen molar-refractivity contribution in [1.82, 2.24) is 5.32 Å². The number of amides is 2. The van der Waals surface area contributed by atoms with Gasteiger partial charge in [0.15, 0.2) is 6.10 Å². The molecule has 0 bridgehead atoms. The lowest BCUT2D eigenvalue weighted by Crippen LogP contribution is -2.32. The highest BCUT2D eigenvalue weighted by Gasteiger charge is 2.19. The number of halogens is 1. The Morgan fingerprint density at radius 3 is 2.20 bits per heavy atom. The van der Waals surface area contributed by atoms with E-state index in [4.69, 9.17) is 4.74 Å². The minimum atomic E-state index is -0.838. The number of carbonyl (C=O) groups excluding carboxylic acids is 2. The van der Waals surface area contributed by atoms with Crippen LogP contribution in [0, 0.1) is 5.82 Å². The maximum Gasteiger partial charge on any atom is 0.265 e. The number of carbonyl (C=O) groups is 2. The fourth-order valence-corrected chi connectivity index (χ4v) is 2.89. The molecular weight excluding hydrogens is 383 g/mol. The first-order valence-electron chi connectivity index (χ1n) is 9.62. The average Bonchev–Trinajstić information content (AvgIpc) is 2.76. The van der Waals surface area contributed by atoms with Crippen molar-refractivity contribution in [3.05, 3.63) is 95.8 Å². The number of anilines is 1. The van der Waals surface area contributed by atoms with E-state index < -0.39 is 12.0 Å². The van der Waals surface area contributed by atoms with Gasteiger partial charge in [-0.05, 0) is 55.8 Å². The van der Waals surface area contributed by atoms with Crippen LogP contribution < -0.4 is 15.4 Å². The first-order chi connectivity index (χ1) is 14.4. The third-order valence-electron chi connectivity index (χ3n) is 4.57. The van der Waals surface area contributed by atoms with Crippen LogP contribution in [-0.4, -0.2) is 17.9 Å². The molecule has 0 aliphatic heterocycles. The number of hydrogen-bond donors (Lipinski definition) is 2. The van der Waals surface area contributed by atoms with Gasteiger partial charge in [0.2, 0.25) is 0 Å². The quantitative estimate of drug-likeness (QED) is 0.596. The molecule has 2 atom stereocenters. The summed E-state index contributed by atoms with van der Waals surface area (Å²) in [5, 5.41) is 5.68. The molecule has 2 amide bonds. The molecule has 5 nitrogen and oxygen atoms in total. The predicted octanol–water partition coefficient (Wildman–Crippen LogP) is 4.72. The molecule has 0 spiro atoms. The van der Waals surface area contributed by atoms with Crippen molar-refractivity contribution in [2.24, 2.45) is 0 Å². The first-order valence-corrected chi connectivity index (χ1v) is 9.62. The molecule has 154 valence electrons. The van der Waals surface area contributed by atoms with E-state index in [1.54, 1.807) is 31.2 Å². The zero-order valence-corrected chi connectivity index (χ0v) is 16.8. The Labute approximate surface area is 174 Å². The molecule has 0 aliphatic rings. The minimum absolute atomic E-state index is 0.191. The van der Waals surface area contributed by atoms with Crippen molar-refractivity contribution >= 4 is 17.5 Å². The van der Waals surface area contributed by atoms with Crippen LogP contribution in [0.4, 0.5) is 10.1 Å². The Kier molecular flexibility index (Phi) is 6.80. The molecule has 0 radical (unpaired) electrons. The summed E-state index contributed by atoms with van der Waals surface area (Å²) < 4.78 is 18.6. The van der Waals surface area contributed by atoms with Crippen molar-refractivity contribution in [2.75, 3.05) is 5.32 Å². The van der Waals surface area contributed by atoms with E-state index in [1.807, 2.05) is 37.3 Å². The van der Waals surface area contributed by atoms with Gasteiger partial charge in [-0.15, -0.1) is 0 Å². The van der Waals surface area contributed by atoms with Crippen LogP contribution >= 0.6 is 0 Å². The third-order valence-corrected chi connectivity index (χ3v) is 4.57. The van der Waals surface area contributed by atoms with Gasteiger partial charge in [0.1, 0.15) is 11.6 Å². The molecule has 3 rings (SSSR count). The normalized spacial score (nSPS) is 12.5. The molecule has 0 saturated heterocycles. The van der Waals surface area contributed by atoms with E-state index in [2.05, 4.69) is 10.6 Å². The number of rotatable bonds is 7. The second kappa shape index (κ2) is 9.69. The molecule has 2 N–H and O–H groups in total. The molecular formula is C24H23FN2O3. The number of para-hydroxylation sites is 1. The molecule has 0 saturated carbocycles. The summed E-state index contributed by atoms with van der Waals surface area (Å²) in [7, 11) is 0. The van der Waals surface area contributed by atoms with Crippen molar-refractivity contribution in [3.8, 4) is 5.75 Å². The topological polar surface area (TPSA) is 67.4 Å². The van der Waals surface area contributed by atoms with Crippen LogP contribution in [0.15, 0.2) is 78.9 Å². The van der Waals surface area contributed by atoms with Gasteiger partial charge in [0.05, 0.1) is 17.3 Å². The van der Waals surface area contributed by atoms with Gasteiger partial charge in [0.25, 0.3) is 11.8 Å². The standard InChI is InChI=1S/C24H23FN2O3/c1-16(18-8-4-3-5-9-18)26-24(29)21-10-6-7-11-22(21)27-23(28)17(2)30-20-14-12-19(25)13-15-20/h3-17H,1-2H3,(H,26,29)(H,27,28)/t16-,17+/m0/s1.